The fourth-order valence-corrected chi connectivity index (χ4v) is 2.44. The van der Waals surface area contributed by atoms with Crippen molar-refractivity contribution >= 4 is 11.7 Å². The van der Waals surface area contributed by atoms with Gasteiger partial charge in [-0.15, -0.1) is 0 Å². The highest BCUT2D eigenvalue weighted by Gasteiger charge is 2.20. The first kappa shape index (κ1) is 10.5. The first-order chi connectivity index (χ1) is 8.31. The first-order valence-electron chi connectivity index (χ1n) is 5.97. The minimum absolute atomic E-state index is 0.433. The van der Waals surface area contributed by atoms with Gasteiger partial charge in [0.05, 0.1) is 0 Å². The predicted molar refractivity (Wildman–Crippen MR) is 69.1 cm³/mol. The third-order valence-corrected chi connectivity index (χ3v) is 3.26. The number of guanidine groups is 1. The minimum Gasteiger partial charge on any atom is -0.368 e. The van der Waals surface area contributed by atoms with E-state index in [9.17, 15) is 0 Å². The number of hydrogen-bond acceptors (Lipinski definition) is 4. The molecule has 17 heavy (non-hydrogen) atoms. The molecule has 0 fully saturated rings. The smallest absolute Gasteiger partial charge is 0.215 e. The normalized spacial score (nSPS) is 19.8. The fraction of sp³-hybridized carbons (Fsp3) is 0.385. The summed E-state index contributed by atoms with van der Waals surface area (Å²) < 4.78 is 0. The Balaban J connectivity index is 1.68. The Morgan fingerprint density at radius 2 is 1.88 bits per heavy atom. The van der Waals surface area contributed by atoms with Crippen molar-refractivity contribution in [3.05, 3.63) is 35.4 Å². The lowest BCUT2D eigenvalue weighted by molar-refractivity contribution is 0.325. The van der Waals surface area contributed by atoms with Gasteiger partial charge in [-0.2, -0.15) is 0 Å². The molecule has 0 aliphatic carbocycles. The van der Waals surface area contributed by atoms with E-state index in [0.717, 1.165) is 38.3 Å². The average Bonchev–Trinajstić information content (AvgIpc) is 2.71. The van der Waals surface area contributed by atoms with Crippen LogP contribution in [0.25, 0.3) is 0 Å². The summed E-state index contributed by atoms with van der Waals surface area (Å²) in [6.07, 6.45) is 0.938. The van der Waals surface area contributed by atoms with Crippen LogP contribution in [0.15, 0.2) is 34.3 Å². The highest BCUT2D eigenvalue weighted by Crippen LogP contribution is 2.22. The second-order valence-electron chi connectivity index (χ2n) is 4.58. The Bertz CT molecular complexity index is 465. The largest absolute Gasteiger partial charge is 0.368 e. The van der Waals surface area contributed by atoms with Crippen molar-refractivity contribution in [2.45, 2.75) is 19.5 Å². The summed E-state index contributed by atoms with van der Waals surface area (Å²) in [5.41, 5.74) is 9.66. The Morgan fingerprint density at radius 1 is 1.18 bits per heavy atom. The Kier molecular flexibility index (Phi) is 2.65. The van der Waals surface area contributed by atoms with Crippen LogP contribution in [0.1, 0.15) is 17.5 Å². The maximum absolute atomic E-state index is 5.63. The number of hydrogen-bond donors (Lipinski definition) is 1. The zero-order valence-corrected chi connectivity index (χ0v) is 9.76. The van der Waals surface area contributed by atoms with Crippen molar-refractivity contribution in [2.24, 2.45) is 15.7 Å². The summed E-state index contributed by atoms with van der Waals surface area (Å²) in [6, 6.07) is 8.61. The third-order valence-electron chi connectivity index (χ3n) is 3.26. The van der Waals surface area contributed by atoms with Gasteiger partial charge in [-0.3, -0.25) is 9.89 Å². The highest BCUT2D eigenvalue weighted by atomic mass is 15.2. The summed E-state index contributed by atoms with van der Waals surface area (Å²) in [6.45, 7) is 3.73. The molecule has 2 heterocycles. The van der Waals surface area contributed by atoms with Gasteiger partial charge in [0.2, 0.25) is 5.96 Å². The molecule has 2 aliphatic rings. The van der Waals surface area contributed by atoms with Crippen molar-refractivity contribution in [3.8, 4) is 0 Å². The zero-order valence-electron chi connectivity index (χ0n) is 9.76. The average molecular weight is 228 g/mol. The van der Waals surface area contributed by atoms with Gasteiger partial charge < -0.3 is 5.73 Å². The van der Waals surface area contributed by atoms with Crippen LogP contribution >= 0.6 is 0 Å². The molecule has 1 aromatic carbocycles. The summed E-state index contributed by atoms with van der Waals surface area (Å²) in [5.74, 6) is 0.433. The molecule has 0 aromatic heterocycles. The Morgan fingerprint density at radius 3 is 2.53 bits per heavy atom. The lowest BCUT2D eigenvalue weighted by Crippen LogP contribution is -2.29. The van der Waals surface area contributed by atoms with E-state index in [1.54, 1.807) is 0 Å². The van der Waals surface area contributed by atoms with Crippen molar-refractivity contribution in [1.82, 2.24) is 4.90 Å². The molecule has 4 nitrogen and oxygen atoms in total. The van der Waals surface area contributed by atoms with Crippen LogP contribution in [-0.2, 0) is 13.1 Å². The minimum atomic E-state index is 0.433. The van der Waals surface area contributed by atoms with Crippen molar-refractivity contribution in [1.29, 1.82) is 0 Å². The lowest BCUT2D eigenvalue weighted by atomic mass is 10.1. The van der Waals surface area contributed by atoms with Gasteiger partial charge in [0.25, 0.3) is 0 Å². The molecule has 4 heteroatoms. The van der Waals surface area contributed by atoms with Crippen LogP contribution in [0, 0.1) is 0 Å². The number of rotatable bonds is 2. The molecule has 0 saturated heterocycles. The quantitative estimate of drug-likeness (QED) is 0.826. The number of aliphatic imine (C=N–C) groups is 2. The maximum Gasteiger partial charge on any atom is 0.215 e. The molecule has 0 atom stereocenters. The monoisotopic (exact) mass is 228 g/mol. The maximum atomic E-state index is 5.63. The van der Waals surface area contributed by atoms with E-state index >= 15 is 0 Å². The number of nitrogens with two attached hydrogens (primary N) is 1. The van der Waals surface area contributed by atoms with E-state index in [0.29, 0.717) is 5.96 Å². The standard InChI is InChI=1S/C13H16N4/c14-13-15-6-5-12(16-13)9-17-7-10-3-1-2-4-11(10)8-17/h1-4H,5-9H2,(H2,14,15). The van der Waals surface area contributed by atoms with Gasteiger partial charge >= 0.3 is 0 Å². The SMILES string of the molecule is NC1=NCCC(CN2Cc3ccccc3C2)=N1. The van der Waals surface area contributed by atoms with Gasteiger partial charge in [-0.25, -0.2) is 4.99 Å². The second-order valence-corrected chi connectivity index (χ2v) is 4.58. The van der Waals surface area contributed by atoms with E-state index in [1.165, 1.54) is 11.1 Å². The fourth-order valence-electron chi connectivity index (χ4n) is 2.44. The number of fused-ring (bicyclic) bond motifs is 1. The van der Waals surface area contributed by atoms with Crippen LogP contribution in [0.4, 0.5) is 0 Å². The highest BCUT2D eigenvalue weighted by molar-refractivity contribution is 5.99. The lowest BCUT2D eigenvalue weighted by Gasteiger charge is -2.17. The van der Waals surface area contributed by atoms with Gasteiger partial charge in [-0.05, 0) is 11.1 Å². The van der Waals surface area contributed by atoms with Crippen LogP contribution in [0.2, 0.25) is 0 Å². The Hall–Kier alpha value is -1.68. The number of benzene rings is 1. The van der Waals surface area contributed by atoms with Gasteiger partial charge in [0.1, 0.15) is 0 Å². The predicted octanol–water partition coefficient (Wildman–Crippen LogP) is 1.16. The molecule has 0 unspecified atom stereocenters. The third kappa shape index (κ3) is 2.22. The molecular formula is C13H16N4. The summed E-state index contributed by atoms with van der Waals surface area (Å²) in [5, 5.41) is 0. The molecule has 88 valence electrons. The van der Waals surface area contributed by atoms with Crippen molar-refractivity contribution < 1.29 is 0 Å². The number of nitrogens with zero attached hydrogens (tertiary/aromatic N) is 3. The van der Waals surface area contributed by atoms with Crippen LogP contribution in [-0.4, -0.2) is 29.7 Å². The van der Waals surface area contributed by atoms with Crippen molar-refractivity contribution in [3.63, 3.8) is 0 Å². The molecule has 0 spiro atoms. The summed E-state index contributed by atoms with van der Waals surface area (Å²) >= 11 is 0. The van der Waals surface area contributed by atoms with E-state index in [2.05, 4.69) is 39.2 Å². The van der Waals surface area contributed by atoms with Crippen LogP contribution < -0.4 is 5.73 Å². The molecule has 3 rings (SSSR count). The molecule has 1 aromatic rings. The first-order valence-corrected chi connectivity index (χ1v) is 5.97. The van der Waals surface area contributed by atoms with Crippen molar-refractivity contribution in [2.75, 3.05) is 13.1 Å². The topological polar surface area (TPSA) is 54.0 Å². The molecule has 0 bridgehead atoms. The second kappa shape index (κ2) is 4.30. The summed E-state index contributed by atoms with van der Waals surface area (Å²) in [7, 11) is 0. The summed E-state index contributed by atoms with van der Waals surface area (Å²) in [4.78, 5) is 10.8. The molecule has 2 aliphatic heterocycles. The molecule has 0 amide bonds. The molecule has 2 N–H and O–H groups in total. The Labute approximate surface area is 101 Å². The van der Waals surface area contributed by atoms with E-state index in [-0.39, 0.29) is 0 Å². The molecule has 0 radical (unpaired) electrons. The van der Waals surface area contributed by atoms with E-state index < -0.39 is 0 Å². The molecule has 0 saturated carbocycles. The van der Waals surface area contributed by atoms with Gasteiger partial charge in [0.15, 0.2) is 0 Å². The van der Waals surface area contributed by atoms with Gasteiger partial charge in [-0.1, -0.05) is 24.3 Å². The molecular weight excluding hydrogens is 212 g/mol. The van der Waals surface area contributed by atoms with Crippen LogP contribution in [0.5, 0.6) is 0 Å². The zero-order chi connectivity index (χ0) is 11.7. The van der Waals surface area contributed by atoms with Gasteiger partial charge in [0, 0.05) is 38.3 Å². The van der Waals surface area contributed by atoms with E-state index in [1.807, 2.05) is 0 Å². The van der Waals surface area contributed by atoms with E-state index in [4.69, 9.17) is 5.73 Å². The van der Waals surface area contributed by atoms with Crippen LogP contribution in [0.3, 0.4) is 0 Å².